The van der Waals surface area contributed by atoms with E-state index in [-0.39, 0.29) is 17.4 Å². The second-order valence-corrected chi connectivity index (χ2v) is 13.6. The molecule has 0 radical (unpaired) electrons. The van der Waals surface area contributed by atoms with Crippen molar-refractivity contribution in [2.24, 2.45) is 5.10 Å². The largest absolute Gasteiger partial charge is 0.480 e. The number of hydrogen-bond donors (Lipinski definition) is 1. The normalized spacial score (nSPS) is 13.6. The van der Waals surface area contributed by atoms with Crippen LogP contribution in [-0.2, 0) is 25.5 Å². The predicted octanol–water partition coefficient (Wildman–Crippen LogP) is 6.88. The van der Waals surface area contributed by atoms with E-state index in [1.54, 1.807) is 39.1 Å². The lowest BCUT2D eigenvalue weighted by Gasteiger charge is -2.31. The van der Waals surface area contributed by atoms with Gasteiger partial charge in [-0.15, -0.1) is 0 Å². The van der Waals surface area contributed by atoms with E-state index in [0.29, 0.717) is 30.9 Å². The molecule has 0 aliphatic rings. The van der Waals surface area contributed by atoms with Crippen molar-refractivity contribution in [1.82, 2.24) is 5.43 Å². The number of carbonyl (C=O) groups is 2. The Morgan fingerprint density at radius 1 is 0.857 bits per heavy atom. The number of nitrogens with zero attached hydrogens (tertiary/aromatic N) is 1. The quantitative estimate of drug-likeness (QED) is 0.147. The Morgan fingerprint density at radius 3 is 2.00 bits per heavy atom. The zero-order chi connectivity index (χ0) is 31.8. The van der Waals surface area contributed by atoms with Crippen molar-refractivity contribution in [1.29, 1.82) is 0 Å². The van der Waals surface area contributed by atoms with Crippen LogP contribution in [-0.4, -0.2) is 53.1 Å². The zero-order valence-electron chi connectivity index (χ0n) is 27.3. The maximum Gasteiger partial charge on any atom is 0.338 e. The van der Waals surface area contributed by atoms with E-state index in [1.165, 1.54) is 0 Å². The van der Waals surface area contributed by atoms with Crippen molar-refractivity contribution in [3.8, 4) is 5.75 Å². The van der Waals surface area contributed by atoms with Crippen LogP contribution in [0.25, 0.3) is 0 Å². The van der Waals surface area contributed by atoms with Crippen LogP contribution in [0.3, 0.4) is 0 Å². The van der Waals surface area contributed by atoms with Crippen LogP contribution in [0.4, 0.5) is 0 Å². The van der Waals surface area contributed by atoms with Gasteiger partial charge in [0.15, 0.2) is 5.60 Å². The summed E-state index contributed by atoms with van der Waals surface area (Å²) in [5, 5.41) is 4.28. The summed E-state index contributed by atoms with van der Waals surface area (Å²) >= 11 is 0. The molecule has 232 valence electrons. The SMILES string of the molecule is CC(OC(C)(C)C)C(=O)C(C)(C)Oc1ccc(CN/N=C/c2ccc(C(=O)OC(C)(C)CCOC(C)(C)C)cc2)cc1. The Balaban J connectivity index is 1.83. The minimum Gasteiger partial charge on any atom is -0.480 e. The molecule has 0 amide bonds. The van der Waals surface area contributed by atoms with Crippen molar-refractivity contribution in [2.75, 3.05) is 6.61 Å². The molecule has 1 atom stereocenters. The molecule has 2 rings (SSSR count). The Morgan fingerprint density at radius 2 is 1.45 bits per heavy atom. The van der Waals surface area contributed by atoms with Crippen LogP contribution in [0, 0.1) is 0 Å². The molecule has 0 heterocycles. The summed E-state index contributed by atoms with van der Waals surface area (Å²) < 4.78 is 23.3. The molecular weight excluding hydrogens is 532 g/mol. The molecule has 8 nitrogen and oxygen atoms in total. The third-order valence-corrected chi connectivity index (χ3v) is 6.13. The number of benzene rings is 2. The van der Waals surface area contributed by atoms with Gasteiger partial charge in [0.25, 0.3) is 0 Å². The van der Waals surface area contributed by atoms with E-state index in [1.807, 2.05) is 91.8 Å². The van der Waals surface area contributed by atoms with Gasteiger partial charge in [-0.1, -0.05) is 24.3 Å². The third kappa shape index (κ3) is 12.7. The lowest BCUT2D eigenvalue weighted by molar-refractivity contribution is -0.151. The van der Waals surface area contributed by atoms with Crippen LogP contribution in [0.5, 0.6) is 5.75 Å². The molecule has 42 heavy (non-hydrogen) atoms. The summed E-state index contributed by atoms with van der Waals surface area (Å²) in [6.45, 7) is 21.8. The fraction of sp³-hybridized carbons (Fsp3) is 0.559. The highest BCUT2D eigenvalue weighted by Crippen LogP contribution is 2.23. The van der Waals surface area contributed by atoms with Crippen LogP contribution < -0.4 is 10.2 Å². The number of Topliss-reactive ketones (excluding diaryl/α,β-unsaturated/α-hetero) is 1. The number of carbonyl (C=O) groups excluding carboxylic acids is 2. The molecule has 0 spiro atoms. The molecule has 0 bridgehead atoms. The fourth-order valence-corrected chi connectivity index (χ4v) is 4.02. The van der Waals surface area contributed by atoms with Gasteiger partial charge in [-0.05, 0) is 112 Å². The Labute approximate surface area is 252 Å². The second kappa shape index (κ2) is 14.3. The number of hydrogen-bond acceptors (Lipinski definition) is 8. The number of ketones is 1. The fourth-order valence-electron chi connectivity index (χ4n) is 4.02. The van der Waals surface area contributed by atoms with Crippen molar-refractivity contribution < 1.29 is 28.5 Å². The second-order valence-electron chi connectivity index (χ2n) is 13.6. The Kier molecular flexibility index (Phi) is 11.9. The van der Waals surface area contributed by atoms with Gasteiger partial charge >= 0.3 is 5.97 Å². The van der Waals surface area contributed by atoms with Gasteiger partial charge in [0.05, 0.1) is 36.1 Å². The minimum atomic E-state index is -1.03. The summed E-state index contributed by atoms with van der Waals surface area (Å²) in [5.74, 6) is 0.113. The van der Waals surface area contributed by atoms with Gasteiger partial charge in [-0.2, -0.15) is 5.10 Å². The van der Waals surface area contributed by atoms with E-state index in [0.717, 1.165) is 11.1 Å². The first-order chi connectivity index (χ1) is 19.3. The summed E-state index contributed by atoms with van der Waals surface area (Å²) in [6.07, 6.45) is 1.71. The number of hydrazone groups is 1. The lowest BCUT2D eigenvalue weighted by Crippen LogP contribution is -2.46. The predicted molar refractivity (Wildman–Crippen MR) is 167 cm³/mol. The van der Waals surface area contributed by atoms with Gasteiger partial charge in [0.2, 0.25) is 5.78 Å². The van der Waals surface area contributed by atoms with Gasteiger partial charge in [0.1, 0.15) is 17.5 Å². The lowest BCUT2D eigenvalue weighted by atomic mass is 9.98. The molecule has 1 unspecified atom stereocenters. The van der Waals surface area contributed by atoms with Crippen LogP contribution in [0.15, 0.2) is 53.6 Å². The first-order valence-electron chi connectivity index (χ1n) is 14.5. The van der Waals surface area contributed by atoms with Crippen LogP contribution >= 0.6 is 0 Å². The van der Waals surface area contributed by atoms with Crippen LogP contribution in [0.2, 0.25) is 0 Å². The van der Waals surface area contributed by atoms with Crippen molar-refractivity contribution in [3.05, 3.63) is 65.2 Å². The summed E-state index contributed by atoms with van der Waals surface area (Å²) in [7, 11) is 0. The monoisotopic (exact) mass is 582 g/mol. The first kappa shape index (κ1) is 35.0. The van der Waals surface area contributed by atoms with Gasteiger partial charge < -0.3 is 24.4 Å². The van der Waals surface area contributed by atoms with Crippen LogP contribution in [0.1, 0.15) is 104 Å². The number of rotatable bonds is 14. The molecule has 2 aromatic rings. The number of nitrogens with one attached hydrogen (secondary N) is 1. The Bertz CT molecular complexity index is 1190. The van der Waals surface area contributed by atoms with E-state index >= 15 is 0 Å². The molecule has 8 heteroatoms. The standard InChI is InChI=1S/C34H50N2O6/c1-24(40-32(5,6)7)29(37)34(10,11)41-28-18-14-26(15-19-28)23-36-35-22-25-12-16-27(17-13-25)30(38)42-33(8,9)20-21-39-31(2,3)4/h12-19,22,24,36H,20-21,23H2,1-11H3/b35-22+. The highest BCUT2D eigenvalue weighted by Gasteiger charge is 2.36. The summed E-state index contributed by atoms with van der Waals surface area (Å²) in [5.41, 5.74) is 3.04. The molecule has 0 aromatic heterocycles. The van der Waals surface area contributed by atoms with E-state index in [9.17, 15) is 9.59 Å². The molecule has 0 aliphatic heterocycles. The Hall–Kier alpha value is -3.23. The van der Waals surface area contributed by atoms with E-state index in [4.69, 9.17) is 18.9 Å². The minimum absolute atomic E-state index is 0.118. The van der Waals surface area contributed by atoms with Crippen molar-refractivity contribution >= 4 is 18.0 Å². The highest BCUT2D eigenvalue weighted by molar-refractivity contribution is 5.91. The maximum atomic E-state index is 12.9. The molecule has 0 saturated carbocycles. The highest BCUT2D eigenvalue weighted by atomic mass is 16.6. The average molecular weight is 583 g/mol. The van der Waals surface area contributed by atoms with Gasteiger partial charge in [-0.25, -0.2) is 4.79 Å². The van der Waals surface area contributed by atoms with Gasteiger partial charge in [-0.3, -0.25) is 4.79 Å². The third-order valence-electron chi connectivity index (χ3n) is 6.13. The van der Waals surface area contributed by atoms with Crippen molar-refractivity contribution in [3.63, 3.8) is 0 Å². The van der Waals surface area contributed by atoms with Crippen molar-refractivity contribution in [2.45, 2.75) is 118 Å². The molecule has 2 aromatic carbocycles. The molecule has 1 N–H and O–H groups in total. The summed E-state index contributed by atoms with van der Waals surface area (Å²) in [4.78, 5) is 25.5. The van der Waals surface area contributed by atoms with Gasteiger partial charge in [0, 0.05) is 6.42 Å². The molecular formula is C34H50N2O6. The molecule has 0 aliphatic carbocycles. The number of ether oxygens (including phenoxy) is 4. The van der Waals surface area contributed by atoms with E-state index in [2.05, 4.69) is 10.5 Å². The zero-order valence-corrected chi connectivity index (χ0v) is 27.3. The first-order valence-corrected chi connectivity index (χ1v) is 14.5. The average Bonchev–Trinajstić information content (AvgIpc) is 2.85. The maximum absolute atomic E-state index is 12.9. The number of esters is 1. The van der Waals surface area contributed by atoms with E-state index < -0.39 is 22.9 Å². The molecule has 0 saturated heterocycles. The smallest absolute Gasteiger partial charge is 0.338 e. The summed E-state index contributed by atoms with van der Waals surface area (Å²) in [6, 6.07) is 14.6. The topological polar surface area (TPSA) is 95.5 Å². The molecule has 0 fully saturated rings.